The van der Waals surface area contributed by atoms with Crippen LogP contribution in [0.2, 0.25) is 0 Å². The van der Waals surface area contributed by atoms with Crippen LogP contribution in [0.5, 0.6) is 0 Å². The van der Waals surface area contributed by atoms with Crippen LogP contribution in [0.15, 0.2) is 103 Å². The van der Waals surface area contributed by atoms with Gasteiger partial charge in [0.2, 0.25) is 0 Å². The molecule has 5 nitrogen and oxygen atoms in total. The number of carbonyl (C=O) groups excluding carboxylic acids is 1. The predicted octanol–water partition coefficient (Wildman–Crippen LogP) is 6.65. The SMILES string of the molecule is O=C(Nc1ccccc1-c1ccccc1)N(CCc1nc2ccccc2[nH]1)Cc1ccc(F)cc1. The molecule has 0 spiro atoms. The Bertz CT molecular complexity index is 1400. The summed E-state index contributed by atoms with van der Waals surface area (Å²) in [5, 5.41) is 3.09. The minimum absolute atomic E-state index is 0.228. The zero-order chi connectivity index (χ0) is 24.0. The number of carbonyl (C=O) groups is 1. The van der Waals surface area contributed by atoms with E-state index < -0.39 is 0 Å². The number of rotatable bonds is 7. The molecule has 174 valence electrons. The summed E-state index contributed by atoms with van der Waals surface area (Å²) in [6.45, 7) is 0.788. The lowest BCUT2D eigenvalue weighted by atomic mass is 10.0. The number of H-pyrrole nitrogens is 1. The number of amides is 2. The monoisotopic (exact) mass is 464 g/mol. The van der Waals surface area contributed by atoms with E-state index in [-0.39, 0.29) is 11.8 Å². The van der Waals surface area contributed by atoms with E-state index in [1.807, 2.05) is 78.9 Å². The van der Waals surface area contributed by atoms with Crippen molar-refractivity contribution in [3.63, 3.8) is 0 Å². The van der Waals surface area contributed by atoms with Gasteiger partial charge in [-0.3, -0.25) is 0 Å². The first kappa shape index (κ1) is 22.3. The first-order valence-corrected chi connectivity index (χ1v) is 11.5. The van der Waals surface area contributed by atoms with Gasteiger partial charge in [0.1, 0.15) is 11.6 Å². The molecule has 35 heavy (non-hydrogen) atoms. The van der Waals surface area contributed by atoms with Crippen LogP contribution in [0.1, 0.15) is 11.4 Å². The van der Waals surface area contributed by atoms with Crippen molar-refractivity contribution in [3.8, 4) is 11.1 Å². The fraction of sp³-hybridized carbons (Fsp3) is 0.103. The number of para-hydroxylation sites is 3. The Morgan fingerprint density at radius 1 is 0.857 bits per heavy atom. The molecule has 0 radical (unpaired) electrons. The number of halogens is 1. The Labute approximate surface area is 203 Å². The van der Waals surface area contributed by atoms with Gasteiger partial charge in [0.15, 0.2) is 0 Å². The number of urea groups is 1. The second-order valence-corrected chi connectivity index (χ2v) is 8.34. The highest BCUT2D eigenvalue weighted by molar-refractivity contribution is 5.94. The second-order valence-electron chi connectivity index (χ2n) is 8.34. The van der Waals surface area contributed by atoms with E-state index >= 15 is 0 Å². The van der Waals surface area contributed by atoms with Crippen LogP contribution in [0.25, 0.3) is 22.2 Å². The number of imidazole rings is 1. The van der Waals surface area contributed by atoms with Crippen molar-refractivity contribution < 1.29 is 9.18 Å². The van der Waals surface area contributed by atoms with Crippen molar-refractivity contribution in [1.29, 1.82) is 0 Å². The van der Waals surface area contributed by atoms with E-state index in [2.05, 4.69) is 15.3 Å². The van der Waals surface area contributed by atoms with Crippen molar-refractivity contribution in [3.05, 3.63) is 120 Å². The van der Waals surface area contributed by atoms with E-state index in [1.54, 1.807) is 17.0 Å². The number of fused-ring (bicyclic) bond motifs is 1. The average molecular weight is 465 g/mol. The van der Waals surface area contributed by atoms with Gasteiger partial charge >= 0.3 is 6.03 Å². The molecule has 0 bridgehead atoms. The highest BCUT2D eigenvalue weighted by Gasteiger charge is 2.17. The van der Waals surface area contributed by atoms with Gasteiger partial charge in [0.05, 0.1) is 16.7 Å². The van der Waals surface area contributed by atoms with Crippen LogP contribution in [0.4, 0.5) is 14.9 Å². The Morgan fingerprint density at radius 2 is 1.57 bits per heavy atom. The maximum absolute atomic E-state index is 13.5. The third kappa shape index (κ3) is 5.38. The molecule has 0 saturated carbocycles. The van der Waals surface area contributed by atoms with Gasteiger partial charge in [-0.25, -0.2) is 14.2 Å². The summed E-state index contributed by atoms with van der Waals surface area (Å²) in [5.74, 6) is 0.511. The quantitative estimate of drug-likeness (QED) is 0.283. The molecule has 0 unspecified atom stereocenters. The third-order valence-electron chi connectivity index (χ3n) is 5.88. The van der Waals surface area contributed by atoms with Gasteiger partial charge in [0.25, 0.3) is 0 Å². The van der Waals surface area contributed by atoms with E-state index in [0.29, 0.717) is 19.5 Å². The number of hydrogen-bond donors (Lipinski definition) is 2. The number of nitrogens with zero attached hydrogens (tertiary/aromatic N) is 2. The first-order chi connectivity index (χ1) is 17.2. The van der Waals surface area contributed by atoms with Gasteiger partial charge in [-0.05, 0) is 41.5 Å². The molecule has 2 N–H and O–H groups in total. The summed E-state index contributed by atoms with van der Waals surface area (Å²) in [6.07, 6.45) is 0.559. The Hall–Kier alpha value is -4.45. The summed E-state index contributed by atoms with van der Waals surface area (Å²) in [5.41, 5.74) is 5.41. The van der Waals surface area contributed by atoms with Crippen molar-refractivity contribution in [2.45, 2.75) is 13.0 Å². The summed E-state index contributed by atoms with van der Waals surface area (Å²) >= 11 is 0. The van der Waals surface area contributed by atoms with Crippen molar-refractivity contribution >= 4 is 22.8 Å². The molecular weight excluding hydrogens is 439 g/mol. The molecular formula is C29H25FN4O. The Balaban J connectivity index is 1.38. The van der Waals surface area contributed by atoms with Crippen LogP contribution in [0, 0.1) is 5.82 Å². The predicted molar refractivity (Wildman–Crippen MR) is 138 cm³/mol. The second kappa shape index (κ2) is 10.2. The lowest BCUT2D eigenvalue weighted by molar-refractivity contribution is 0.209. The largest absolute Gasteiger partial charge is 0.342 e. The topological polar surface area (TPSA) is 61.0 Å². The molecule has 1 aromatic heterocycles. The lowest BCUT2D eigenvalue weighted by Crippen LogP contribution is -2.36. The molecule has 2 amide bonds. The van der Waals surface area contributed by atoms with E-state index in [9.17, 15) is 9.18 Å². The minimum Gasteiger partial charge on any atom is -0.342 e. The highest BCUT2D eigenvalue weighted by atomic mass is 19.1. The van der Waals surface area contributed by atoms with Crippen molar-refractivity contribution in [2.75, 3.05) is 11.9 Å². The van der Waals surface area contributed by atoms with E-state index in [0.717, 1.165) is 39.2 Å². The number of aromatic nitrogens is 2. The first-order valence-electron chi connectivity index (χ1n) is 11.5. The fourth-order valence-corrected chi connectivity index (χ4v) is 4.08. The molecule has 6 heteroatoms. The smallest absolute Gasteiger partial charge is 0.322 e. The van der Waals surface area contributed by atoms with Crippen molar-refractivity contribution in [1.82, 2.24) is 14.9 Å². The van der Waals surface area contributed by atoms with Gasteiger partial charge in [-0.2, -0.15) is 0 Å². The highest BCUT2D eigenvalue weighted by Crippen LogP contribution is 2.28. The third-order valence-corrected chi connectivity index (χ3v) is 5.88. The molecule has 5 aromatic rings. The van der Waals surface area contributed by atoms with Crippen molar-refractivity contribution in [2.24, 2.45) is 0 Å². The van der Waals surface area contributed by atoms with Gasteiger partial charge in [-0.15, -0.1) is 0 Å². The van der Waals surface area contributed by atoms with E-state index in [1.165, 1.54) is 12.1 Å². The standard InChI is InChI=1S/C29H25FN4O/c30-23-16-14-21(15-17-23)20-34(19-18-28-31-26-12-6-7-13-27(26)32-28)29(35)33-25-11-5-4-10-24(25)22-8-2-1-3-9-22/h1-17H,18-20H2,(H,31,32)(H,33,35). The van der Waals surface area contributed by atoms with Crippen LogP contribution in [0.3, 0.4) is 0 Å². The zero-order valence-corrected chi connectivity index (χ0v) is 19.1. The fourth-order valence-electron chi connectivity index (χ4n) is 4.08. The summed E-state index contributed by atoms with van der Waals surface area (Å²) in [6, 6.07) is 31.5. The Morgan fingerprint density at radius 3 is 2.37 bits per heavy atom. The number of benzene rings is 4. The van der Waals surface area contributed by atoms with Gasteiger partial charge < -0.3 is 15.2 Å². The molecule has 0 aliphatic heterocycles. The van der Waals surface area contributed by atoms with Crippen LogP contribution in [-0.4, -0.2) is 27.4 Å². The number of aromatic amines is 1. The molecule has 5 rings (SSSR count). The molecule has 0 aliphatic carbocycles. The number of anilines is 1. The molecule has 0 fully saturated rings. The lowest BCUT2D eigenvalue weighted by Gasteiger charge is -2.24. The molecule has 0 aliphatic rings. The van der Waals surface area contributed by atoms with Crippen LogP contribution >= 0.6 is 0 Å². The van der Waals surface area contributed by atoms with Crippen LogP contribution < -0.4 is 5.32 Å². The zero-order valence-electron chi connectivity index (χ0n) is 19.1. The maximum Gasteiger partial charge on any atom is 0.322 e. The summed E-state index contributed by atoms with van der Waals surface area (Å²) < 4.78 is 13.4. The summed E-state index contributed by atoms with van der Waals surface area (Å²) in [4.78, 5) is 23.2. The number of nitrogens with one attached hydrogen (secondary N) is 2. The minimum atomic E-state index is -0.302. The van der Waals surface area contributed by atoms with E-state index in [4.69, 9.17) is 0 Å². The molecule has 0 atom stereocenters. The van der Waals surface area contributed by atoms with Crippen LogP contribution in [-0.2, 0) is 13.0 Å². The molecule has 0 saturated heterocycles. The average Bonchev–Trinajstić information content (AvgIpc) is 3.31. The van der Waals surface area contributed by atoms with Gasteiger partial charge in [0, 0.05) is 25.1 Å². The molecule has 1 heterocycles. The normalized spacial score (nSPS) is 10.9. The van der Waals surface area contributed by atoms with Gasteiger partial charge in [-0.1, -0.05) is 72.8 Å². The maximum atomic E-state index is 13.5. The molecule has 4 aromatic carbocycles. The number of hydrogen-bond acceptors (Lipinski definition) is 2. The summed E-state index contributed by atoms with van der Waals surface area (Å²) in [7, 11) is 0. The Kier molecular flexibility index (Phi) is 6.52.